The van der Waals surface area contributed by atoms with Crippen LogP contribution in [0.1, 0.15) is 0 Å². The number of rotatable bonds is 3. The van der Waals surface area contributed by atoms with Gasteiger partial charge in [0, 0.05) is 17.1 Å². The maximum Gasteiger partial charge on any atom is 0.312 e. The summed E-state index contributed by atoms with van der Waals surface area (Å²) in [6.07, 6.45) is -1.08. The number of nitrogens with one attached hydrogen (secondary N) is 1. The summed E-state index contributed by atoms with van der Waals surface area (Å²) in [5, 5.41) is 12.9. The molecule has 0 spiro atoms. The fourth-order valence-electron chi connectivity index (χ4n) is 2.16. The molecule has 0 atom stereocenters. The SMILES string of the molecule is O=S(=O)(O)c1cc(O)c2ccc(Nc3nc(F)nc(Cl)c3Cl)cc2c1. The third-order valence-electron chi connectivity index (χ3n) is 3.25. The molecule has 3 aromatic rings. The van der Waals surface area contributed by atoms with E-state index in [1.165, 1.54) is 24.3 Å². The zero-order chi connectivity index (χ0) is 18.4. The van der Waals surface area contributed by atoms with Crippen LogP contribution in [0.2, 0.25) is 10.2 Å². The van der Waals surface area contributed by atoms with E-state index < -0.39 is 21.1 Å². The number of benzene rings is 2. The van der Waals surface area contributed by atoms with Gasteiger partial charge in [-0.1, -0.05) is 23.2 Å². The Labute approximate surface area is 150 Å². The maximum atomic E-state index is 13.3. The minimum absolute atomic E-state index is 0.0892. The van der Waals surface area contributed by atoms with Crippen molar-refractivity contribution >= 4 is 55.6 Å². The van der Waals surface area contributed by atoms with Gasteiger partial charge in [-0.2, -0.15) is 22.8 Å². The molecule has 3 rings (SSSR count). The average Bonchev–Trinajstić information content (AvgIpc) is 2.51. The topological polar surface area (TPSA) is 112 Å². The molecule has 130 valence electrons. The van der Waals surface area contributed by atoms with Gasteiger partial charge >= 0.3 is 6.08 Å². The molecule has 0 radical (unpaired) electrons. The van der Waals surface area contributed by atoms with Crippen LogP contribution in [0.3, 0.4) is 0 Å². The lowest BCUT2D eigenvalue weighted by atomic mass is 10.1. The summed E-state index contributed by atoms with van der Waals surface area (Å²) in [6.45, 7) is 0. The number of hydrogen-bond donors (Lipinski definition) is 3. The zero-order valence-corrected chi connectivity index (χ0v) is 14.4. The smallest absolute Gasteiger partial charge is 0.312 e. The largest absolute Gasteiger partial charge is 0.507 e. The molecule has 1 heterocycles. The molecule has 0 aliphatic heterocycles. The van der Waals surface area contributed by atoms with Crippen molar-refractivity contribution in [3.63, 3.8) is 0 Å². The second kappa shape index (κ2) is 6.26. The van der Waals surface area contributed by atoms with E-state index in [4.69, 9.17) is 27.8 Å². The van der Waals surface area contributed by atoms with Crippen LogP contribution in [-0.2, 0) is 10.1 Å². The molecule has 3 N–H and O–H groups in total. The summed E-state index contributed by atoms with van der Waals surface area (Å²) in [5.74, 6) is -0.417. The van der Waals surface area contributed by atoms with Crippen molar-refractivity contribution in [2.75, 3.05) is 5.32 Å². The van der Waals surface area contributed by atoms with Crippen LogP contribution in [0.15, 0.2) is 35.2 Å². The number of phenols is 1. The number of hydrogen-bond acceptors (Lipinski definition) is 6. The molecule has 0 fully saturated rings. The Morgan fingerprint density at radius 1 is 1.12 bits per heavy atom. The number of nitrogens with zero attached hydrogens (tertiary/aromatic N) is 2. The molecule has 7 nitrogen and oxygen atoms in total. The fraction of sp³-hybridized carbons (Fsp3) is 0. The molecular weight excluding hydrogens is 396 g/mol. The molecule has 0 saturated carbocycles. The van der Waals surface area contributed by atoms with Gasteiger partial charge < -0.3 is 10.4 Å². The van der Waals surface area contributed by atoms with E-state index in [1.54, 1.807) is 0 Å². The lowest BCUT2D eigenvalue weighted by Gasteiger charge is -2.10. The van der Waals surface area contributed by atoms with Crippen LogP contribution in [0, 0.1) is 6.08 Å². The minimum atomic E-state index is -4.50. The van der Waals surface area contributed by atoms with Gasteiger partial charge in [0.2, 0.25) is 0 Å². The molecule has 0 bridgehead atoms. The van der Waals surface area contributed by atoms with Crippen molar-refractivity contribution in [1.82, 2.24) is 9.97 Å². The Bertz CT molecular complexity index is 1110. The second-order valence-electron chi connectivity index (χ2n) is 4.92. The molecule has 25 heavy (non-hydrogen) atoms. The van der Waals surface area contributed by atoms with Gasteiger partial charge in [0.15, 0.2) is 11.0 Å². The van der Waals surface area contributed by atoms with Crippen molar-refractivity contribution in [2.24, 2.45) is 0 Å². The molecule has 0 unspecified atom stereocenters. The summed E-state index contributed by atoms with van der Waals surface area (Å²) in [4.78, 5) is 6.29. The van der Waals surface area contributed by atoms with E-state index in [-0.39, 0.29) is 21.7 Å². The predicted octanol–water partition coefficient (Wildman–Crippen LogP) is 3.77. The van der Waals surface area contributed by atoms with E-state index in [2.05, 4.69) is 15.3 Å². The average molecular weight is 404 g/mol. The van der Waals surface area contributed by atoms with Crippen molar-refractivity contribution in [3.8, 4) is 5.75 Å². The van der Waals surface area contributed by atoms with Gasteiger partial charge in [0.25, 0.3) is 10.1 Å². The van der Waals surface area contributed by atoms with E-state index in [0.717, 1.165) is 6.07 Å². The normalized spacial score (nSPS) is 11.7. The van der Waals surface area contributed by atoms with Crippen LogP contribution >= 0.6 is 23.2 Å². The van der Waals surface area contributed by atoms with E-state index in [1.807, 2.05) is 0 Å². The van der Waals surface area contributed by atoms with Crippen molar-refractivity contribution in [3.05, 3.63) is 46.6 Å². The number of phenolic OH excluding ortho intramolecular Hbond substituents is 1. The summed E-state index contributed by atoms with van der Waals surface area (Å²) in [7, 11) is -4.50. The van der Waals surface area contributed by atoms with E-state index in [9.17, 15) is 17.9 Å². The Morgan fingerprint density at radius 3 is 2.52 bits per heavy atom. The molecule has 0 aliphatic carbocycles. The van der Waals surface area contributed by atoms with Gasteiger partial charge in [0.05, 0.1) is 4.90 Å². The first-order valence-electron chi connectivity index (χ1n) is 6.55. The van der Waals surface area contributed by atoms with Crippen molar-refractivity contribution in [1.29, 1.82) is 0 Å². The first-order valence-corrected chi connectivity index (χ1v) is 8.74. The molecule has 11 heteroatoms. The Kier molecular flexibility index (Phi) is 4.41. The first kappa shape index (κ1) is 17.6. The number of halogens is 3. The summed E-state index contributed by atoms with van der Waals surface area (Å²) in [6, 6.07) is 6.58. The molecule has 0 saturated heterocycles. The van der Waals surface area contributed by atoms with Gasteiger partial charge in [-0.15, -0.1) is 0 Å². The Morgan fingerprint density at radius 2 is 1.84 bits per heavy atom. The molecular formula is C14H8Cl2FN3O4S. The minimum Gasteiger partial charge on any atom is -0.507 e. The zero-order valence-electron chi connectivity index (χ0n) is 12.0. The van der Waals surface area contributed by atoms with Crippen LogP contribution in [0.5, 0.6) is 5.75 Å². The number of aromatic nitrogens is 2. The third kappa shape index (κ3) is 3.59. The second-order valence-corrected chi connectivity index (χ2v) is 7.08. The van der Waals surface area contributed by atoms with Gasteiger partial charge in [0.1, 0.15) is 10.8 Å². The molecule has 2 aromatic carbocycles. The van der Waals surface area contributed by atoms with Crippen LogP contribution in [-0.4, -0.2) is 28.0 Å². The molecule has 1 aromatic heterocycles. The molecule has 0 amide bonds. The number of aromatic hydroxyl groups is 1. The summed E-state index contributed by atoms with van der Waals surface area (Å²) >= 11 is 11.6. The molecule has 0 aliphatic rings. The Balaban J connectivity index is 2.10. The quantitative estimate of drug-likeness (QED) is 0.346. The lowest BCUT2D eigenvalue weighted by Crippen LogP contribution is -2.00. The van der Waals surface area contributed by atoms with Crippen molar-refractivity contribution < 1.29 is 22.5 Å². The van der Waals surface area contributed by atoms with Gasteiger partial charge in [-0.25, -0.2) is 0 Å². The lowest BCUT2D eigenvalue weighted by molar-refractivity contribution is 0.471. The summed E-state index contributed by atoms with van der Waals surface area (Å²) in [5.41, 5.74) is 0.357. The van der Waals surface area contributed by atoms with E-state index >= 15 is 0 Å². The van der Waals surface area contributed by atoms with Crippen molar-refractivity contribution in [2.45, 2.75) is 4.90 Å². The monoisotopic (exact) mass is 403 g/mol. The number of fused-ring (bicyclic) bond motifs is 1. The van der Waals surface area contributed by atoms with Gasteiger partial charge in [-0.3, -0.25) is 4.55 Å². The third-order valence-corrected chi connectivity index (χ3v) is 4.81. The van der Waals surface area contributed by atoms with Crippen LogP contribution in [0.25, 0.3) is 10.8 Å². The highest BCUT2D eigenvalue weighted by atomic mass is 35.5. The predicted molar refractivity (Wildman–Crippen MR) is 90.7 cm³/mol. The van der Waals surface area contributed by atoms with Crippen LogP contribution in [0.4, 0.5) is 15.9 Å². The van der Waals surface area contributed by atoms with E-state index in [0.29, 0.717) is 16.5 Å². The number of anilines is 2. The summed E-state index contributed by atoms with van der Waals surface area (Å²) < 4.78 is 44.9. The van der Waals surface area contributed by atoms with Gasteiger partial charge in [-0.05, 0) is 29.7 Å². The highest BCUT2D eigenvalue weighted by Crippen LogP contribution is 2.33. The fourth-order valence-corrected chi connectivity index (χ4v) is 2.99. The highest BCUT2D eigenvalue weighted by molar-refractivity contribution is 7.85. The Hall–Kier alpha value is -2.20. The van der Waals surface area contributed by atoms with Crippen LogP contribution < -0.4 is 5.32 Å². The highest BCUT2D eigenvalue weighted by Gasteiger charge is 2.15. The maximum absolute atomic E-state index is 13.3. The standard InChI is InChI=1S/C14H8Cl2FN3O4S/c15-11-12(16)19-14(17)20-13(11)18-7-1-2-9-6(3-7)4-8(5-10(9)21)25(22,23)24/h1-5,21H,(H,18,19,20)(H,22,23,24). The first-order chi connectivity index (χ1) is 11.6.